The molecule has 0 N–H and O–H groups in total. The van der Waals surface area contributed by atoms with Crippen LogP contribution in [0.2, 0.25) is 0 Å². The van der Waals surface area contributed by atoms with E-state index in [1.54, 1.807) is 0 Å². The Kier molecular flexibility index (Phi) is 7.60. The third-order valence-electron chi connectivity index (χ3n) is 6.73. The van der Waals surface area contributed by atoms with E-state index in [9.17, 15) is 0 Å². The lowest BCUT2D eigenvalue weighted by Gasteiger charge is -2.40. The number of halogens is 1. The fourth-order valence-electron chi connectivity index (χ4n) is 5.07. The summed E-state index contributed by atoms with van der Waals surface area (Å²) in [5, 5.41) is 0.943. The number of hydrogen-bond acceptors (Lipinski definition) is 0. The van der Waals surface area contributed by atoms with Gasteiger partial charge in [-0.05, 0) is 46.9 Å². The van der Waals surface area contributed by atoms with Crippen LogP contribution >= 0.6 is 15.9 Å². The molecule has 0 fully saturated rings. The normalized spacial score (nSPS) is 13.4. The lowest BCUT2D eigenvalue weighted by atomic mass is 9.63. The first kappa shape index (κ1) is 22.6. The Morgan fingerprint density at radius 3 is 1.41 bits per heavy atom. The molecule has 0 heterocycles. The summed E-state index contributed by atoms with van der Waals surface area (Å²) in [4.78, 5) is 0. The molecule has 0 saturated heterocycles. The van der Waals surface area contributed by atoms with Crippen molar-refractivity contribution in [3.05, 3.63) is 144 Å². The monoisotopic (exact) mass is 482 g/mol. The number of hydrogen-bond donors (Lipinski definition) is 0. The third-order valence-corrected chi connectivity index (χ3v) is 7.51. The summed E-state index contributed by atoms with van der Waals surface area (Å²) in [5.41, 5.74) is 5.50. The molecule has 4 aromatic carbocycles. The maximum absolute atomic E-state index is 3.86. The summed E-state index contributed by atoms with van der Waals surface area (Å²) < 4.78 is 0. The lowest BCUT2D eigenvalue weighted by Crippen LogP contribution is -2.32. The van der Waals surface area contributed by atoms with Gasteiger partial charge in [-0.15, -0.1) is 0 Å². The van der Waals surface area contributed by atoms with Gasteiger partial charge in [0.1, 0.15) is 0 Å². The third kappa shape index (κ3) is 5.05. The van der Waals surface area contributed by atoms with Gasteiger partial charge in [-0.25, -0.2) is 0 Å². The van der Waals surface area contributed by atoms with E-state index in [-0.39, 0.29) is 5.41 Å². The SMILES string of the molecule is CC(CC(CC(CBr)c1ccccc1)(c1ccccc1)c1ccccc1)c1ccccc1. The van der Waals surface area contributed by atoms with Crippen LogP contribution in [0.25, 0.3) is 0 Å². The minimum absolute atomic E-state index is 0.0912. The van der Waals surface area contributed by atoms with Crippen LogP contribution in [0, 0.1) is 0 Å². The van der Waals surface area contributed by atoms with Crippen LogP contribution in [0.15, 0.2) is 121 Å². The highest BCUT2D eigenvalue weighted by molar-refractivity contribution is 9.09. The van der Waals surface area contributed by atoms with E-state index in [1.807, 2.05) is 0 Å². The molecule has 4 rings (SSSR count). The Balaban J connectivity index is 1.84. The van der Waals surface area contributed by atoms with Gasteiger partial charge in [0, 0.05) is 10.7 Å². The quantitative estimate of drug-likeness (QED) is 0.209. The lowest BCUT2D eigenvalue weighted by molar-refractivity contribution is 0.381. The predicted molar refractivity (Wildman–Crippen MR) is 141 cm³/mol. The Hall–Kier alpha value is -2.64. The van der Waals surface area contributed by atoms with E-state index in [1.165, 1.54) is 22.3 Å². The van der Waals surface area contributed by atoms with Crippen molar-refractivity contribution in [2.24, 2.45) is 0 Å². The van der Waals surface area contributed by atoms with Gasteiger partial charge >= 0.3 is 0 Å². The molecule has 2 atom stereocenters. The summed E-state index contributed by atoms with van der Waals surface area (Å²) in [7, 11) is 0. The second-order valence-corrected chi connectivity index (χ2v) is 9.44. The highest BCUT2D eigenvalue weighted by Crippen LogP contribution is 2.47. The largest absolute Gasteiger partial charge is 0.0921 e. The zero-order valence-electron chi connectivity index (χ0n) is 18.7. The number of rotatable bonds is 9. The Morgan fingerprint density at radius 2 is 0.969 bits per heavy atom. The van der Waals surface area contributed by atoms with E-state index < -0.39 is 0 Å². The molecule has 4 aromatic rings. The maximum atomic E-state index is 3.86. The minimum atomic E-state index is -0.0912. The molecule has 0 spiro atoms. The van der Waals surface area contributed by atoms with Crippen LogP contribution in [0.5, 0.6) is 0 Å². The molecule has 32 heavy (non-hydrogen) atoms. The van der Waals surface area contributed by atoms with Crippen LogP contribution in [-0.2, 0) is 5.41 Å². The van der Waals surface area contributed by atoms with Gasteiger partial charge in [-0.3, -0.25) is 0 Å². The molecule has 0 aliphatic rings. The molecular formula is C31H31Br. The van der Waals surface area contributed by atoms with E-state index in [0.717, 1.165) is 18.2 Å². The molecule has 0 saturated carbocycles. The van der Waals surface area contributed by atoms with Gasteiger partial charge in [-0.2, -0.15) is 0 Å². The average Bonchev–Trinajstić information content (AvgIpc) is 2.88. The van der Waals surface area contributed by atoms with Crippen molar-refractivity contribution >= 4 is 15.9 Å². The molecule has 1 heteroatoms. The molecule has 0 amide bonds. The van der Waals surface area contributed by atoms with Crippen molar-refractivity contribution in [1.29, 1.82) is 0 Å². The summed E-state index contributed by atoms with van der Waals surface area (Å²) in [6.45, 7) is 2.38. The first-order valence-corrected chi connectivity index (χ1v) is 12.6. The molecule has 0 radical (unpaired) electrons. The van der Waals surface area contributed by atoms with Crippen molar-refractivity contribution in [3.63, 3.8) is 0 Å². The fraction of sp³-hybridized carbons (Fsp3) is 0.226. The molecule has 2 unspecified atom stereocenters. The second kappa shape index (κ2) is 10.8. The topological polar surface area (TPSA) is 0 Å². The molecule has 0 aliphatic carbocycles. The van der Waals surface area contributed by atoms with E-state index >= 15 is 0 Å². The van der Waals surface area contributed by atoms with Crippen LogP contribution in [0.3, 0.4) is 0 Å². The van der Waals surface area contributed by atoms with Gasteiger partial charge in [0.25, 0.3) is 0 Å². The summed E-state index contributed by atoms with van der Waals surface area (Å²) in [6.07, 6.45) is 2.11. The van der Waals surface area contributed by atoms with Gasteiger partial charge < -0.3 is 0 Å². The molecule has 0 bridgehead atoms. The first-order valence-electron chi connectivity index (χ1n) is 11.5. The molecule has 0 aromatic heterocycles. The van der Waals surface area contributed by atoms with Crippen LogP contribution in [0.1, 0.15) is 53.9 Å². The van der Waals surface area contributed by atoms with Gasteiger partial charge in [0.15, 0.2) is 0 Å². The summed E-state index contributed by atoms with van der Waals surface area (Å²) in [6, 6.07) is 44.2. The van der Waals surface area contributed by atoms with Gasteiger partial charge in [0.2, 0.25) is 0 Å². The maximum Gasteiger partial charge on any atom is 0.0214 e. The van der Waals surface area contributed by atoms with E-state index in [0.29, 0.717) is 11.8 Å². The average molecular weight is 483 g/mol. The minimum Gasteiger partial charge on any atom is -0.0921 e. The van der Waals surface area contributed by atoms with E-state index in [4.69, 9.17) is 0 Å². The molecular weight excluding hydrogens is 452 g/mol. The van der Waals surface area contributed by atoms with Crippen molar-refractivity contribution in [2.75, 3.05) is 5.33 Å². The van der Waals surface area contributed by atoms with Gasteiger partial charge in [0.05, 0.1) is 0 Å². The van der Waals surface area contributed by atoms with Crippen molar-refractivity contribution in [2.45, 2.75) is 37.0 Å². The van der Waals surface area contributed by atoms with E-state index in [2.05, 4.69) is 144 Å². The Morgan fingerprint density at radius 1 is 0.562 bits per heavy atom. The summed E-state index contributed by atoms with van der Waals surface area (Å²) >= 11 is 3.86. The smallest absolute Gasteiger partial charge is 0.0214 e. The standard InChI is InChI=1S/C31H31Br/c1-25(26-14-6-2-7-15-26)22-31(29-18-10-4-11-19-29,30-20-12-5-13-21-30)23-28(24-32)27-16-8-3-9-17-27/h2-21,25,28H,22-24H2,1H3. The molecule has 162 valence electrons. The summed E-state index contributed by atoms with van der Waals surface area (Å²) in [5.74, 6) is 0.850. The molecule has 0 nitrogen and oxygen atoms in total. The predicted octanol–water partition coefficient (Wildman–Crippen LogP) is 8.74. The van der Waals surface area contributed by atoms with Crippen molar-refractivity contribution < 1.29 is 0 Å². The highest BCUT2D eigenvalue weighted by atomic mass is 79.9. The van der Waals surface area contributed by atoms with Crippen LogP contribution < -0.4 is 0 Å². The zero-order chi connectivity index (χ0) is 22.2. The second-order valence-electron chi connectivity index (χ2n) is 8.80. The number of alkyl halides is 1. The fourth-order valence-corrected chi connectivity index (χ4v) is 5.67. The molecule has 0 aliphatic heterocycles. The van der Waals surface area contributed by atoms with Crippen LogP contribution in [0.4, 0.5) is 0 Å². The highest BCUT2D eigenvalue weighted by Gasteiger charge is 2.38. The Bertz CT molecular complexity index is 1020. The van der Waals surface area contributed by atoms with Crippen LogP contribution in [-0.4, -0.2) is 5.33 Å². The zero-order valence-corrected chi connectivity index (χ0v) is 20.3. The van der Waals surface area contributed by atoms with Gasteiger partial charge in [-0.1, -0.05) is 144 Å². The van der Waals surface area contributed by atoms with Crippen molar-refractivity contribution in [3.8, 4) is 0 Å². The number of benzene rings is 4. The van der Waals surface area contributed by atoms with Crippen molar-refractivity contribution in [1.82, 2.24) is 0 Å². The Labute approximate surface area is 201 Å². The first-order chi connectivity index (χ1) is 15.7.